The van der Waals surface area contributed by atoms with Gasteiger partial charge in [-0.1, -0.05) is 5.56 Å². The number of esters is 1. The lowest BCUT2D eigenvalue weighted by Gasteiger charge is -2.07. The number of carbonyl (C=O) groups excluding carboxylic acids is 1. The minimum Gasteiger partial charge on any atom is -0.469 e. The van der Waals surface area contributed by atoms with Crippen molar-refractivity contribution in [2.45, 2.75) is 19.2 Å². The van der Waals surface area contributed by atoms with E-state index in [1.807, 2.05) is 0 Å². The summed E-state index contributed by atoms with van der Waals surface area (Å²) >= 11 is 5.67. The van der Waals surface area contributed by atoms with Gasteiger partial charge in [0, 0.05) is 11.1 Å². The van der Waals surface area contributed by atoms with Crippen molar-refractivity contribution >= 4 is 23.3 Å². The van der Waals surface area contributed by atoms with Gasteiger partial charge >= 0.3 is 5.97 Å². The number of rotatable bonds is 4. The Kier molecular flexibility index (Phi) is 4.45. The summed E-state index contributed by atoms with van der Waals surface area (Å²) in [5.41, 5.74) is 1.47. The number of ether oxygens (including phenoxy) is 1. The first-order valence-corrected chi connectivity index (χ1v) is 5.42. The molecule has 0 spiro atoms. The number of methoxy groups -OCH3 is 1. The highest BCUT2D eigenvalue weighted by Crippen LogP contribution is 2.27. The lowest BCUT2D eigenvalue weighted by Crippen LogP contribution is -2.08. The van der Waals surface area contributed by atoms with Crippen molar-refractivity contribution in [2.24, 2.45) is 0 Å². The molecule has 0 saturated carbocycles. The quantitative estimate of drug-likeness (QED) is 0.359. The largest absolute Gasteiger partial charge is 0.469 e. The van der Waals surface area contributed by atoms with E-state index in [2.05, 4.69) is 4.74 Å². The van der Waals surface area contributed by atoms with Crippen molar-refractivity contribution in [3.63, 3.8) is 0 Å². The monoisotopic (exact) mass is 257 g/mol. The molecule has 0 atom stereocenters. The Labute approximate surface area is 103 Å². The highest BCUT2D eigenvalue weighted by atomic mass is 35.5. The summed E-state index contributed by atoms with van der Waals surface area (Å²) in [6.45, 7) is 1.79. The molecule has 0 aromatic heterocycles. The number of carbonyl (C=O) groups is 1. The average Bonchev–Trinajstić information content (AvgIpc) is 2.27. The first-order chi connectivity index (χ1) is 7.99. The van der Waals surface area contributed by atoms with Crippen LogP contribution in [0.5, 0.6) is 0 Å². The summed E-state index contributed by atoms with van der Waals surface area (Å²) in [5, 5.41) is 11.0. The molecule has 92 valence electrons. The molecule has 0 aliphatic carbocycles. The van der Waals surface area contributed by atoms with Crippen LogP contribution >= 0.6 is 11.6 Å². The van der Waals surface area contributed by atoms with Crippen molar-refractivity contribution in [3.05, 3.63) is 38.9 Å². The second-order valence-corrected chi connectivity index (χ2v) is 3.84. The topological polar surface area (TPSA) is 69.4 Å². The molecule has 0 amide bonds. The zero-order valence-corrected chi connectivity index (χ0v) is 10.3. The third-order valence-corrected chi connectivity index (χ3v) is 2.59. The lowest BCUT2D eigenvalue weighted by atomic mass is 10.0. The van der Waals surface area contributed by atoms with E-state index in [9.17, 15) is 14.9 Å². The van der Waals surface area contributed by atoms with Crippen molar-refractivity contribution in [1.29, 1.82) is 0 Å². The SMILES string of the molecule is COC(=O)Cc1cc(C)cc(CCl)c1[N+](=O)[O-]. The fraction of sp³-hybridized carbons (Fsp3) is 0.364. The number of hydrogen-bond donors (Lipinski definition) is 0. The number of halogens is 1. The van der Waals surface area contributed by atoms with Gasteiger partial charge in [0.25, 0.3) is 5.69 Å². The number of nitro benzene ring substituents is 1. The maximum absolute atomic E-state index is 11.2. The Balaban J connectivity index is 3.30. The van der Waals surface area contributed by atoms with Gasteiger partial charge in [0.2, 0.25) is 0 Å². The Morgan fingerprint density at radius 1 is 1.47 bits per heavy atom. The third kappa shape index (κ3) is 3.17. The van der Waals surface area contributed by atoms with Crippen LogP contribution in [0.4, 0.5) is 5.69 Å². The van der Waals surface area contributed by atoms with E-state index in [0.717, 1.165) is 5.56 Å². The van der Waals surface area contributed by atoms with Crippen LogP contribution in [0.3, 0.4) is 0 Å². The maximum atomic E-state index is 11.2. The van der Waals surface area contributed by atoms with Crippen LogP contribution in [0.15, 0.2) is 12.1 Å². The molecular formula is C11H12ClNO4. The van der Waals surface area contributed by atoms with Crippen LogP contribution in [-0.2, 0) is 21.8 Å². The summed E-state index contributed by atoms with van der Waals surface area (Å²) in [4.78, 5) is 21.6. The number of benzene rings is 1. The minimum atomic E-state index is -0.518. The molecule has 0 heterocycles. The number of alkyl halides is 1. The highest BCUT2D eigenvalue weighted by Gasteiger charge is 2.21. The van der Waals surface area contributed by atoms with Crippen molar-refractivity contribution in [3.8, 4) is 0 Å². The Hall–Kier alpha value is -1.62. The molecule has 0 aliphatic rings. The molecule has 1 aromatic rings. The van der Waals surface area contributed by atoms with Gasteiger partial charge in [0.05, 0.1) is 24.3 Å². The minimum absolute atomic E-state index is 0.0339. The number of hydrogen-bond acceptors (Lipinski definition) is 4. The Morgan fingerprint density at radius 3 is 2.53 bits per heavy atom. The second-order valence-electron chi connectivity index (χ2n) is 3.58. The summed E-state index contributed by atoms with van der Waals surface area (Å²) in [7, 11) is 1.24. The number of aryl methyl sites for hydroxylation is 1. The van der Waals surface area contributed by atoms with E-state index in [4.69, 9.17) is 11.6 Å². The van der Waals surface area contributed by atoms with Gasteiger partial charge in [0.15, 0.2) is 0 Å². The van der Waals surface area contributed by atoms with Gasteiger partial charge in [-0.25, -0.2) is 0 Å². The lowest BCUT2D eigenvalue weighted by molar-refractivity contribution is -0.386. The standard InChI is InChI=1S/C11H12ClNO4/c1-7-3-8(5-10(14)17-2)11(13(15)16)9(4-7)6-12/h3-4H,5-6H2,1-2H3. The molecule has 6 heteroatoms. The third-order valence-electron chi connectivity index (χ3n) is 2.30. The first-order valence-electron chi connectivity index (χ1n) is 4.89. The van der Waals surface area contributed by atoms with Crippen molar-refractivity contribution < 1.29 is 14.5 Å². The molecule has 0 N–H and O–H groups in total. The fourth-order valence-corrected chi connectivity index (χ4v) is 1.84. The summed E-state index contributed by atoms with van der Waals surface area (Å²) < 4.78 is 4.51. The average molecular weight is 258 g/mol. The van der Waals surface area contributed by atoms with Crippen molar-refractivity contribution in [2.75, 3.05) is 7.11 Å². The van der Waals surface area contributed by atoms with Crippen LogP contribution in [0.25, 0.3) is 0 Å². The maximum Gasteiger partial charge on any atom is 0.310 e. The van der Waals surface area contributed by atoms with Gasteiger partial charge in [-0.05, 0) is 19.1 Å². The van der Waals surface area contributed by atoms with E-state index < -0.39 is 10.9 Å². The zero-order chi connectivity index (χ0) is 13.0. The van der Waals surface area contributed by atoms with E-state index >= 15 is 0 Å². The van der Waals surface area contributed by atoms with Crippen LogP contribution < -0.4 is 0 Å². The molecule has 1 aromatic carbocycles. The summed E-state index contributed by atoms with van der Waals surface area (Å²) in [6, 6.07) is 3.25. The van der Waals surface area contributed by atoms with Gasteiger partial charge in [-0.2, -0.15) is 0 Å². The molecule has 0 fully saturated rings. The Morgan fingerprint density at radius 2 is 2.06 bits per heavy atom. The fourth-order valence-electron chi connectivity index (χ4n) is 1.63. The normalized spacial score (nSPS) is 10.1. The Bertz CT molecular complexity index is 459. The van der Waals surface area contributed by atoms with Gasteiger partial charge in [-0.3, -0.25) is 14.9 Å². The van der Waals surface area contributed by atoms with Crippen molar-refractivity contribution in [1.82, 2.24) is 0 Å². The predicted octanol–water partition coefficient (Wildman–Crippen LogP) is 2.36. The van der Waals surface area contributed by atoms with E-state index in [0.29, 0.717) is 11.1 Å². The van der Waals surface area contributed by atoms with Crippen LogP contribution in [0.1, 0.15) is 16.7 Å². The van der Waals surface area contributed by atoms with Gasteiger partial charge in [0.1, 0.15) is 0 Å². The first kappa shape index (κ1) is 13.4. The molecule has 0 unspecified atom stereocenters. The van der Waals surface area contributed by atoms with Crippen LogP contribution in [0, 0.1) is 17.0 Å². The summed E-state index contributed by atoms with van der Waals surface area (Å²) in [6.07, 6.45) is -0.127. The van der Waals surface area contributed by atoms with Gasteiger partial charge < -0.3 is 4.74 Å². The molecule has 0 radical (unpaired) electrons. The molecule has 0 aliphatic heterocycles. The van der Waals surface area contributed by atoms with E-state index in [1.54, 1.807) is 19.1 Å². The van der Waals surface area contributed by atoms with Gasteiger partial charge in [-0.15, -0.1) is 11.6 Å². The van der Waals surface area contributed by atoms with Crippen LogP contribution in [-0.4, -0.2) is 18.0 Å². The highest BCUT2D eigenvalue weighted by molar-refractivity contribution is 6.17. The molecule has 0 bridgehead atoms. The smallest absolute Gasteiger partial charge is 0.310 e. The molecular weight excluding hydrogens is 246 g/mol. The van der Waals surface area contributed by atoms with E-state index in [-0.39, 0.29) is 18.0 Å². The predicted molar refractivity (Wildman–Crippen MR) is 63.1 cm³/mol. The molecule has 0 saturated heterocycles. The second kappa shape index (κ2) is 5.63. The number of nitro groups is 1. The zero-order valence-electron chi connectivity index (χ0n) is 9.53. The molecule has 5 nitrogen and oxygen atoms in total. The van der Waals surface area contributed by atoms with Crippen LogP contribution in [0.2, 0.25) is 0 Å². The molecule has 1 rings (SSSR count). The van der Waals surface area contributed by atoms with E-state index in [1.165, 1.54) is 7.11 Å². The summed E-state index contributed by atoms with van der Waals surface area (Å²) in [5.74, 6) is -0.481. The molecule has 17 heavy (non-hydrogen) atoms. The number of nitrogens with zero attached hydrogens (tertiary/aromatic N) is 1.